The first-order valence-electron chi connectivity index (χ1n) is 7.61. The number of nitrogens with zero attached hydrogens (tertiary/aromatic N) is 1. The molecule has 0 spiro atoms. The molecule has 1 aliphatic heterocycles. The van der Waals surface area contributed by atoms with Gasteiger partial charge in [0.15, 0.2) is 5.79 Å². The maximum atomic E-state index is 10.7. The molecule has 2 rings (SSSR count). The minimum Gasteiger partial charge on any atom is -0.364 e. The zero-order chi connectivity index (χ0) is 14.6. The van der Waals surface area contributed by atoms with Crippen LogP contribution in [-0.2, 0) is 11.3 Å². The van der Waals surface area contributed by atoms with Crippen molar-refractivity contribution in [2.24, 2.45) is 5.92 Å². The van der Waals surface area contributed by atoms with Gasteiger partial charge < -0.3 is 9.84 Å². The number of hydrogen-bond acceptors (Lipinski definition) is 3. The van der Waals surface area contributed by atoms with Crippen molar-refractivity contribution in [1.82, 2.24) is 4.90 Å². The molecule has 3 heteroatoms. The smallest absolute Gasteiger partial charge is 0.178 e. The highest BCUT2D eigenvalue weighted by atomic mass is 16.6. The van der Waals surface area contributed by atoms with E-state index in [1.165, 1.54) is 5.56 Å². The lowest BCUT2D eigenvalue weighted by molar-refractivity contribution is -0.267. The number of likely N-dealkylation sites (N-methyl/N-ethyl adjacent to an activating group) is 1. The fraction of sp³-hybridized carbons (Fsp3) is 0.647. The Bertz CT molecular complexity index is 407. The quantitative estimate of drug-likeness (QED) is 0.898. The molecule has 1 aliphatic rings. The van der Waals surface area contributed by atoms with E-state index in [0.717, 1.165) is 25.8 Å². The van der Waals surface area contributed by atoms with E-state index in [9.17, 15) is 5.11 Å². The summed E-state index contributed by atoms with van der Waals surface area (Å²) in [5, 5.41) is 10.7. The van der Waals surface area contributed by atoms with E-state index in [1.807, 2.05) is 25.2 Å². The summed E-state index contributed by atoms with van der Waals surface area (Å²) in [5.74, 6) is -0.530. The van der Waals surface area contributed by atoms with Crippen LogP contribution < -0.4 is 0 Å². The predicted molar refractivity (Wildman–Crippen MR) is 81.3 cm³/mol. The molecule has 0 saturated carbocycles. The van der Waals surface area contributed by atoms with Gasteiger partial charge in [-0.05, 0) is 31.4 Å². The van der Waals surface area contributed by atoms with Crippen molar-refractivity contribution in [1.29, 1.82) is 0 Å². The van der Waals surface area contributed by atoms with Crippen LogP contribution in [0.3, 0.4) is 0 Å². The van der Waals surface area contributed by atoms with Gasteiger partial charge in [-0.2, -0.15) is 0 Å². The molecule has 1 fully saturated rings. The summed E-state index contributed by atoms with van der Waals surface area (Å²) in [4.78, 5) is 2.14. The van der Waals surface area contributed by atoms with Crippen LogP contribution in [0.25, 0.3) is 0 Å². The lowest BCUT2D eigenvalue weighted by Crippen LogP contribution is -2.49. The largest absolute Gasteiger partial charge is 0.364 e. The summed E-state index contributed by atoms with van der Waals surface area (Å²) in [6, 6.07) is 10.3. The van der Waals surface area contributed by atoms with E-state index in [1.54, 1.807) is 0 Å². The Hall–Kier alpha value is -0.900. The number of aliphatic hydroxyl groups is 1. The van der Waals surface area contributed by atoms with Crippen LogP contribution in [0, 0.1) is 5.92 Å². The van der Waals surface area contributed by atoms with E-state index < -0.39 is 5.79 Å². The second-order valence-corrected chi connectivity index (χ2v) is 6.40. The van der Waals surface area contributed by atoms with Gasteiger partial charge in [0.25, 0.3) is 0 Å². The van der Waals surface area contributed by atoms with Crippen molar-refractivity contribution in [3.63, 3.8) is 0 Å². The molecule has 20 heavy (non-hydrogen) atoms. The SMILES string of the molecule is CC(C)[C@H]1CCC[C@@](O)(CN(C)Cc2ccccc2)O1. The van der Waals surface area contributed by atoms with Crippen LogP contribution in [0.4, 0.5) is 0 Å². The summed E-state index contributed by atoms with van der Waals surface area (Å²) >= 11 is 0. The van der Waals surface area contributed by atoms with Crippen LogP contribution in [0.2, 0.25) is 0 Å². The highest BCUT2D eigenvalue weighted by Gasteiger charge is 2.37. The van der Waals surface area contributed by atoms with Crippen molar-refractivity contribution in [2.45, 2.75) is 51.5 Å². The number of rotatable bonds is 5. The molecule has 1 heterocycles. The molecular formula is C17H27NO2. The van der Waals surface area contributed by atoms with Gasteiger partial charge in [0, 0.05) is 13.0 Å². The number of ether oxygens (including phenoxy) is 1. The van der Waals surface area contributed by atoms with Gasteiger partial charge >= 0.3 is 0 Å². The predicted octanol–water partition coefficient (Wildman–Crippen LogP) is 3.03. The molecule has 0 unspecified atom stereocenters. The standard InChI is InChI=1S/C17H27NO2/c1-14(2)16-10-7-11-17(19,20-16)13-18(3)12-15-8-5-4-6-9-15/h4-6,8-9,14,16,19H,7,10-13H2,1-3H3/t16-,17+/m1/s1. The van der Waals surface area contributed by atoms with E-state index in [0.29, 0.717) is 12.5 Å². The molecular weight excluding hydrogens is 250 g/mol. The molecule has 1 aromatic rings. The van der Waals surface area contributed by atoms with E-state index in [-0.39, 0.29) is 6.10 Å². The number of benzene rings is 1. The highest BCUT2D eigenvalue weighted by molar-refractivity contribution is 5.14. The molecule has 0 aromatic heterocycles. The first-order valence-corrected chi connectivity index (χ1v) is 7.61. The van der Waals surface area contributed by atoms with Crippen LogP contribution in [0.5, 0.6) is 0 Å². The minimum atomic E-state index is -0.989. The van der Waals surface area contributed by atoms with Crippen LogP contribution in [-0.4, -0.2) is 35.5 Å². The summed E-state index contributed by atoms with van der Waals surface area (Å²) < 4.78 is 5.96. The second kappa shape index (κ2) is 6.70. The van der Waals surface area contributed by atoms with Gasteiger partial charge in [-0.25, -0.2) is 0 Å². The molecule has 0 radical (unpaired) electrons. The average Bonchev–Trinajstić information content (AvgIpc) is 2.39. The van der Waals surface area contributed by atoms with E-state index >= 15 is 0 Å². The molecule has 0 bridgehead atoms. The minimum absolute atomic E-state index is 0.180. The second-order valence-electron chi connectivity index (χ2n) is 6.40. The molecule has 2 atom stereocenters. The van der Waals surface area contributed by atoms with Gasteiger partial charge in [0.05, 0.1) is 12.6 Å². The molecule has 1 saturated heterocycles. The summed E-state index contributed by atoms with van der Waals surface area (Å²) in [6.45, 7) is 5.71. The maximum absolute atomic E-state index is 10.7. The summed E-state index contributed by atoms with van der Waals surface area (Å²) in [6.07, 6.45) is 3.01. The van der Waals surface area contributed by atoms with E-state index in [2.05, 4.69) is 30.9 Å². The first kappa shape index (κ1) is 15.5. The Labute approximate surface area is 122 Å². The Kier molecular flexibility index (Phi) is 5.19. The Morgan fingerprint density at radius 2 is 2.05 bits per heavy atom. The lowest BCUT2D eigenvalue weighted by Gasteiger charge is -2.40. The van der Waals surface area contributed by atoms with Crippen LogP contribution >= 0.6 is 0 Å². The van der Waals surface area contributed by atoms with Crippen LogP contribution in [0.1, 0.15) is 38.7 Å². The van der Waals surface area contributed by atoms with Crippen molar-refractivity contribution < 1.29 is 9.84 Å². The molecule has 1 aromatic carbocycles. The molecule has 112 valence electrons. The normalized spacial score (nSPS) is 27.2. The Balaban J connectivity index is 1.90. The summed E-state index contributed by atoms with van der Waals surface area (Å²) in [5.41, 5.74) is 1.26. The molecule has 3 nitrogen and oxygen atoms in total. The molecule has 1 N–H and O–H groups in total. The third-order valence-corrected chi connectivity index (χ3v) is 3.98. The zero-order valence-electron chi connectivity index (χ0n) is 12.9. The fourth-order valence-electron chi connectivity index (χ4n) is 2.94. The third kappa shape index (κ3) is 4.30. The third-order valence-electron chi connectivity index (χ3n) is 3.98. The van der Waals surface area contributed by atoms with E-state index in [4.69, 9.17) is 4.74 Å². The van der Waals surface area contributed by atoms with Gasteiger partial charge in [-0.15, -0.1) is 0 Å². The first-order chi connectivity index (χ1) is 9.48. The van der Waals surface area contributed by atoms with Gasteiger partial charge in [-0.1, -0.05) is 44.2 Å². The summed E-state index contributed by atoms with van der Waals surface area (Å²) in [7, 11) is 2.04. The topological polar surface area (TPSA) is 32.7 Å². The Morgan fingerprint density at radius 1 is 1.35 bits per heavy atom. The van der Waals surface area contributed by atoms with Crippen molar-refractivity contribution in [3.05, 3.63) is 35.9 Å². The van der Waals surface area contributed by atoms with Gasteiger partial charge in [0.1, 0.15) is 0 Å². The molecule has 0 amide bonds. The lowest BCUT2D eigenvalue weighted by atomic mass is 9.94. The molecule has 0 aliphatic carbocycles. The van der Waals surface area contributed by atoms with Crippen molar-refractivity contribution in [3.8, 4) is 0 Å². The average molecular weight is 277 g/mol. The fourth-order valence-corrected chi connectivity index (χ4v) is 2.94. The van der Waals surface area contributed by atoms with Crippen molar-refractivity contribution >= 4 is 0 Å². The highest BCUT2D eigenvalue weighted by Crippen LogP contribution is 2.30. The van der Waals surface area contributed by atoms with Gasteiger partial charge in [-0.3, -0.25) is 4.90 Å². The number of hydrogen-bond donors (Lipinski definition) is 1. The zero-order valence-corrected chi connectivity index (χ0v) is 12.9. The monoisotopic (exact) mass is 277 g/mol. The van der Waals surface area contributed by atoms with Gasteiger partial charge in [0.2, 0.25) is 0 Å². The van der Waals surface area contributed by atoms with Crippen LogP contribution in [0.15, 0.2) is 30.3 Å². The van der Waals surface area contributed by atoms with Crippen molar-refractivity contribution in [2.75, 3.05) is 13.6 Å². The maximum Gasteiger partial charge on any atom is 0.178 e. The Morgan fingerprint density at radius 3 is 2.70 bits per heavy atom.